The first-order chi connectivity index (χ1) is 9.93. The summed E-state index contributed by atoms with van der Waals surface area (Å²) in [4.78, 5) is 23.1. The fraction of sp³-hybridized carbons (Fsp3) is 0.867. The van der Waals surface area contributed by atoms with Crippen molar-refractivity contribution >= 4 is 11.9 Å². The van der Waals surface area contributed by atoms with Crippen molar-refractivity contribution in [3.8, 4) is 0 Å². The van der Waals surface area contributed by atoms with Crippen molar-refractivity contribution in [2.75, 3.05) is 26.3 Å². The van der Waals surface area contributed by atoms with E-state index in [1.54, 1.807) is 0 Å². The average molecular weight is 300 g/mol. The SMILES string of the molecule is CCNC1COCC1C(=O)NC[C@H](CC(=O)O)CC(C)C. The Balaban J connectivity index is 2.46. The number of carboxylic acids is 1. The van der Waals surface area contributed by atoms with Gasteiger partial charge in [-0.05, 0) is 24.8 Å². The van der Waals surface area contributed by atoms with Crippen LogP contribution >= 0.6 is 0 Å². The average Bonchev–Trinajstić information content (AvgIpc) is 2.83. The van der Waals surface area contributed by atoms with Crippen molar-refractivity contribution in [3.05, 3.63) is 0 Å². The lowest BCUT2D eigenvalue weighted by molar-refractivity contribution is -0.138. The molecule has 21 heavy (non-hydrogen) atoms. The van der Waals surface area contributed by atoms with E-state index < -0.39 is 5.97 Å². The van der Waals surface area contributed by atoms with Gasteiger partial charge in [-0.1, -0.05) is 20.8 Å². The first kappa shape index (κ1) is 17.9. The predicted molar refractivity (Wildman–Crippen MR) is 80.0 cm³/mol. The Hall–Kier alpha value is -1.14. The van der Waals surface area contributed by atoms with Gasteiger partial charge in [-0.25, -0.2) is 0 Å². The number of carboxylic acid groups (broad SMARTS) is 1. The summed E-state index contributed by atoms with van der Waals surface area (Å²) in [5, 5.41) is 15.1. The summed E-state index contributed by atoms with van der Waals surface area (Å²) in [5.74, 6) is -0.654. The van der Waals surface area contributed by atoms with Crippen molar-refractivity contribution < 1.29 is 19.4 Å². The largest absolute Gasteiger partial charge is 0.481 e. The van der Waals surface area contributed by atoms with Gasteiger partial charge >= 0.3 is 5.97 Å². The molecule has 0 bridgehead atoms. The molecule has 2 unspecified atom stereocenters. The van der Waals surface area contributed by atoms with Crippen LogP contribution in [-0.4, -0.2) is 49.3 Å². The van der Waals surface area contributed by atoms with Gasteiger partial charge in [0.2, 0.25) is 5.91 Å². The highest BCUT2D eigenvalue weighted by molar-refractivity contribution is 5.80. The standard InChI is InChI=1S/C15H28N2O4/c1-4-16-13-9-21-8-12(13)15(20)17-7-11(5-10(2)3)6-14(18)19/h10-13,16H,4-9H2,1-3H3,(H,17,20)(H,18,19)/t11-,12?,13?/m0/s1. The lowest BCUT2D eigenvalue weighted by atomic mass is 9.93. The van der Waals surface area contributed by atoms with Crippen LogP contribution in [0.1, 0.15) is 33.6 Å². The van der Waals surface area contributed by atoms with Gasteiger partial charge in [-0.2, -0.15) is 0 Å². The van der Waals surface area contributed by atoms with Crippen LogP contribution in [0.3, 0.4) is 0 Å². The maximum atomic E-state index is 12.2. The van der Waals surface area contributed by atoms with Crippen molar-refractivity contribution in [2.24, 2.45) is 17.8 Å². The van der Waals surface area contributed by atoms with Crippen LogP contribution in [0, 0.1) is 17.8 Å². The molecule has 6 nitrogen and oxygen atoms in total. The van der Waals surface area contributed by atoms with E-state index in [1.807, 2.05) is 6.92 Å². The molecule has 0 spiro atoms. The smallest absolute Gasteiger partial charge is 0.303 e. The number of carbonyl (C=O) groups is 2. The van der Waals surface area contributed by atoms with E-state index in [0.717, 1.165) is 13.0 Å². The van der Waals surface area contributed by atoms with Crippen LogP contribution in [0.5, 0.6) is 0 Å². The fourth-order valence-corrected chi connectivity index (χ4v) is 2.80. The summed E-state index contributed by atoms with van der Waals surface area (Å²) < 4.78 is 5.36. The van der Waals surface area contributed by atoms with Gasteiger partial charge in [-0.15, -0.1) is 0 Å². The van der Waals surface area contributed by atoms with E-state index in [1.165, 1.54) is 0 Å². The predicted octanol–water partition coefficient (Wildman–Crippen LogP) is 0.864. The zero-order valence-corrected chi connectivity index (χ0v) is 13.2. The molecular weight excluding hydrogens is 272 g/mol. The number of hydrogen-bond donors (Lipinski definition) is 3. The Bertz CT molecular complexity index is 347. The van der Waals surface area contributed by atoms with Crippen LogP contribution in [-0.2, 0) is 14.3 Å². The highest BCUT2D eigenvalue weighted by Crippen LogP contribution is 2.17. The minimum Gasteiger partial charge on any atom is -0.481 e. The third-order valence-electron chi connectivity index (χ3n) is 3.72. The van der Waals surface area contributed by atoms with E-state index in [4.69, 9.17) is 9.84 Å². The van der Waals surface area contributed by atoms with E-state index in [2.05, 4.69) is 24.5 Å². The molecule has 0 aliphatic carbocycles. The molecule has 1 amide bonds. The van der Waals surface area contributed by atoms with Crippen molar-refractivity contribution in [1.82, 2.24) is 10.6 Å². The van der Waals surface area contributed by atoms with Gasteiger partial charge < -0.3 is 20.5 Å². The maximum Gasteiger partial charge on any atom is 0.303 e. The Morgan fingerprint density at radius 1 is 1.33 bits per heavy atom. The fourth-order valence-electron chi connectivity index (χ4n) is 2.80. The quantitative estimate of drug-likeness (QED) is 0.588. The second-order valence-electron chi connectivity index (χ2n) is 6.15. The molecule has 1 rings (SSSR count). The van der Waals surface area contributed by atoms with Crippen LogP contribution < -0.4 is 10.6 Å². The van der Waals surface area contributed by atoms with Gasteiger partial charge in [-0.3, -0.25) is 9.59 Å². The lowest BCUT2D eigenvalue weighted by Gasteiger charge is -2.21. The molecule has 1 saturated heterocycles. The topological polar surface area (TPSA) is 87.7 Å². The van der Waals surface area contributed by atoms with Crippen LogP contribution in [0.2, 0.25) is 0 Å². The van der Waals surface area contributed by atoms with Gasteiger partial charge in [0.15, 0.2) is 0 Å². The highest BCUT2D eigenvalue weighted by Gasteiger charge is 2.33. The zero-order valence-electron chi connectivity index (χ0n) is 13.2. The number of hydrogen-bond acceptors (Lipinski definition) is 4. The number of amides is 1. The Morgan fingerprint density at radius 3 is 2.62 bits per heavy atom. The Morgan fingerprint density at radius 2 is 2.05 bits per heavy atom. The molecule has 1 aliphatic heterocycles. The number of likely N-dealkylation sites (N-methyl/N-ethyl adjacent to an activating group) is 1. The molecule has 0 aromatic heterocycles. The third-order valence-corrected chi connectivity index (χ3v) is 3.72. The number of aliphatic carboxylic acids is 1. The maximum absolute atomic E-state index is 12.2. The molecule has 0 aromatic carbocycles. The first-order valence-corrected chi connectivity index (χ1v) is 7.74. The second kappa shape index (κ2) is 9.00. The molecular formula is C15H28N2O4. The van der Waals surface area contributed by atoms with Crippen LogP contribution in [0.15, 0.2) is 0 Å². The molecule has 6 heteroatoms. The third kappa shape index (κ3) is 6.44. The summed E-state index contributed by atoms with van der Waals surface area (Å²) in [6.45, 7) is 8.31. The van der Waals surface area contributed by atoms with Gasteiger partial charge in [0.05, 0.1) is 19.1 Å². The van der Waals surface area contributed by atoms with Crippen molar-refractivity contribution in [2.45, 2.75) is 39.7 Å². The monoisotopic (exact) mass is 300 g/mol. The van der Waals surface area contributed by atoms with Crippen LogP contribution in [0.4, 0.5) is 0 Å². The Labute approximate surface area is 126 Å². The van der Waals surface area contributed by atoms with Gasteiger partial charge in [0.25, 0.3) is 0 Å². The van der Waals surface area contributed by atoms with Crippen LogP contribution in [0.25, 0.3) is 0 Å². The van der Waals surface area contributed by atoms with E-state index >= 15 is 0 Å². The van der Waals surface area contributed by atoms with E-state index in [0.29, 0.717) is 25.7 Å². The number of rotatable bonds is 9. The Kier molecular flexibility index (Phi) is 7.67. The summed E-state index contributed by atoms with van der Waals surface area (Å²) in [7, 11) is 0. The summed E-state index contributed by atoms with van der Waals surface area (Å²) >= 11 is 0. The summed E-state index contributed by atoms with van der Waals surface area (Å²) in [5.41, 5.74) is 0. The molecule has 3 atom stereocenters. The lowest BCUT2D eigenvalue weighted by Crippen LogP contribution is -2.45. The first-order valence-electron chi connectivity index (χ1n) is 7.74. The van der Waals surface area contributed by atoms with Gasteiger partial charge in [0, 0.05) is 19.0 Å². The molecule has 1 aliphatic rings. The van der Waals surface area contributed by atoms with Crippen molar-refractivity contribution in [1.29, 1.82) is 0 Å². The summed E-state index contributed by atoms with van der Waals surface area (Å²) in [6.07, 6.45) is 0.890. The normalized spacial score (nSPS) is 23.2. The molecule has 122 valence electrons. The zero-order chi connectivity index (χ0) is 15.8. The van der Waals surface area contributed by atoms with Crippen molar-refractivity contribution in [3.63, 3.8) is 0 Å². The molecule has 0 radical (unpaired) electrons. The van der Waals surface area contributed by atoms with E-state index in [9.17, 15) is 9.59 Å². The molecule has 3 N–H and O–H groups in total. The number of ether oxygens (including phenoxy) is 1. The second-order valence-corrected chi connectivity index (χ2v) is 6.15. The molecule has 1 fully saturated rings. The molecule has 0 saturated carbocycles. The minimum absolute atomic E-state index is 0.0219. The minimum atomic E-state index is -0.815. The number of carbonyl (C=O) groups excluding carboxylic acids is 1. The molecule has 0 aromatic rings. The summed E-state index contributed by atoms with van der Waals surface area (Å²) in [6, 6.07) is 0.0537. The van der Waals surface area contributed by atoms with E-state index in [-0.39, 0.29) is 30.2 Å². The highest BCUT2D eigenvalue weighted by atomic mass is 16.5. The molecule has 1 heterocycles. The number of nitrogens with one attached hydrogen (secondary N) is 2. The van der Waals surface area contributed by atoms with Gasteiger partial charge in [0.1, 0.15) is 0 Å².